The summed E-state index contributed by atoms with van der Waals surface area (Å²) >= 11 is 0. The fourth-order valence-corrected chi connectivity index (χ4v) is 5.97. The maximum absolute atomic E-state index is 12.9. The lowest BCUT2D eigenvalue weighted by Gasteiger charge is -2.62. The smallest absolute Gasteiger partial charge is 0.139 e. The van der Waals surface area contributed by atoms with Gasteiger partial charge < -0.3 is 0 Å². The minimum absolute atomic E-state index is 0.0346. The van der Waals surface area contributed by atoms with Gasteiger partial charge in [0.1, 0.15) is 5.78 Å². The van der Waals surface area contributed by atoms with Crippen LogP contribution in [0.1, 0.15) is 79.1 Å². The minimum Gasteiger partial charge on any atom is -0.299 e. The summed E-state index contributed by atoms with van der Waals surface area (Å²) in [6.45, 7) is 9.58. The summed E-state index contributed by atoms with van der Waals surface area (Å²) in [5.41, 5.74) is 2.11. The average molecular weight is 274 g/mol. The Kier molecular flexibility index (Phi) is 3.19. The zero-order valence-corrected chi connectivity index (χ0v) is 13.7. The zero-order chi connectivity index (χ0) is 14.6. The summed E-state index contributed by atoms with van der Waals surface area (Å²) in [5.74, 6) is 1.31. The Labute approximate surface area is 124 Å². The quantitative estimate of drug-likeness (QED) is 0.548. The molecule has 0 aromatic carbocycles. The second-order valence-electron chi connectivity index (χ2n) is 8.61. The predicted octanol–water partition coefficient (Wildman–Crippen LogP) is 5.30. The highest BCUT2D eigenvalue weighted by Crippen LogP contribution is 2.66. The Balaban J connectivity index is 2.05. The second kappa shape index (κ2) is 4.45. The highest BCUT2D eigenvalue weighted by Gasteiger charge is 2.62. The van der Waals surface area contributed by atoms with E-state index in [2.05, 4.69) is 33.8 Å². The summed E-state index contributed by atoms with van der Waals surface area (Å²) in [6, 6.07) is 0. The number of rotatable bonds is 0. The molecule has 3 aliphatic carbocycles. The van der Waals surface area contributed by atoms with Gasteiger partial charge in [-0.05, 0) is 62.2 Å². The SMILES string of the molecule is CC1=CC[C@]2(CC1)C(=O)CC[C@H]1C(C)(C)CCC[C@@]12C. The van der Waals surface area contributed by atoms with E-state index in [4.69, 9.17) is 0 Å². The number of hydrogen-bond acceptors (Lipinski definition) is 1. The van der Waals surface area contributed by atoms with Crippen molar-refractivity contribution in [3.05, 3.63) is 11.6 Å². The van der Waals surface area contributed by atoms with Crippen LogP contribution in [0.25, 0.3) is 0 Å². The molecule has 1 spiro atoms. The van der Waals surface area contributed by atoms with Crippen molar-refractivity contribution < 1.29 is 4.79 Å². The molecule has 20 heavy (non-hydrogen) atoms. The van der Waals surface area contributed by atoms with Gasteiger partial charge in [-0.1, -0.05) is 38.8 Å². The van der Waals surface area contributed by atoms with Gasteiger partial charge in [0.25, 0.3) is 0 Å². The van der Waals surface area contributed by atoms with Crippen molar-refractivity contribution in [2.75, 3.05) is 0 Å². The maximum atomic E-state index is 12.9. The van der Waals surface area contributed by atoms with Crippen LogP contribution >= 0.6 is 0 Å². The number of carbonyl (C=O) groups excluding carboxylic acids is 1. The molecule has 2 saturated carbocycles. The Bertz CT molecular complexity index is 458. The molecule has 0 aromatic rings. The zero-order valence-electron chi connectivity index (χ0n) is 13.7. The third-order valence-corrected chi connectivity index (χ3v) is 7.26. The summed E-state index contributed by atoms with van der Waals surface area (Å²) < 4.78 is 0. The number of fused-ring (bicyclic) bond motifs is 2. The first kappa shape index (κ1) is 14.4. The number of carbonyl (C=O) groups is 1. The van der Waals surface area contributed by atoms with E-state index in [1.165, 1.54) is 24.8 Å². The molecule has 112 valence electrons. The van der Waals surface area contributed by atoms with Crippen molar-refractivity contribution in [3.63, 3.8) is 0 Å². The molecule has 2 fully saturated rings. The van der Waals surface area contributed by atoms with Crippen LogP contribution in [0, 0.1) is 22.2 Å². The van der Waals surface area contributed by atoms with Crippen LogP contribution in [0.4, 0.5) is 0 Å². The molecule has 1 heteroatoms. The van der Waals surface area contributed by atoms with Gasteiger partial charge in [-0.15, -0.1) is 0 Å². The van der Waals surface area contributed by atoms with Gasteiger partial charge in [0, 0.05) is 11.8 Å². The van der Waals surface area contributed by atoms with Crippen LogP contribution in [-0.4, -0.2) is 5.78 Å². The van der Waals surface area contributed by atoms with Gasteiger partial charge in [-0.25, -0.2) is 0 Å². The Morgan fingerprint density at radius 3 is 2.50 bits per heavy atom. The molecule has 0 saturated heterocycles. The maximum Gasteiger partial charge on any atom is 0.139 e. The van der Waals surface area contributed by atoms with Gasteiger partial charge in [0.15, 0.2) is 0 Å². The predicted molar refractivity (Wildman–Crippen MR) is 83.5 cm³/mol. The summed E-state index contributed by atoms with van der Waals surface area (Å²) in [6.07, 6.45) is 11.5. The number of hydrogen-bond donors (Lipinski definition) is 0. The van der Waals surface area contributed by atoms with E-state index in [0.717, 1.165) is 38.0 Å². The molecule has 0 bridgehead atoms. The molecule has 3 atom stereocenters. The fourth-order valence-electron chi connectivity index (χ4n) is 5.97. The topological polar surface area (TPSA) is 17.1 Å². The van der Waals surface area contributed by atoms with Crippen molar-refractivity contribution in [2.45, 2.75) is 79.1 Å². The molecule has 0 amide bonds. The highest BCUT2D eigenvalue weighted by atomic mass is 16.1. The van der Waals surface area contributed by atoms with E-state index in [0.29, 0.717) is 11.2 Å². The highest BCUT2D eigenvalue weighted by molar-refractivity contribution is 5.87. The number of allylic oxidation sites excluding steroid dienone is 2. The Morgan fingerprint density at radius 2 is 1.85 bits per heavy atom. The Hall–Kier alpha value is -0.590. The summed E-state index contributed by atoms with van der Waals surface area (Å²) in [7, 11) is 0. The van der Waals surface area contributed by atoms with Crippen LogP contribution in [0.5, 0.6) is 0 Å². The second-order valence-corrected chi connectivity index (χ2v) is 8.61. The molecule has 0 N–H and O–H groups in total. The van der Waals surface area contributed by atoms with Crippen LogP contribution < -0.4 is 0 Å². The molecule has 3 rings (SSSR count). The van der Waals surface area contributed by atoms with E-state index in [1.54, 1.807) is 0 Å². The van der Waals surface area contributed by atoms with Gasteiger partial charge in [-0.2, -0.15) is 0 Å². The molecular weight excluding hydrogens is 244 g/mol. The van der Waals surface area contributed by atoms with Crippen LogP contribution in [0.15, 0.2) is 11.6 Å². The lowest BCUT2D eigenvalue weighted by atomic mass is 9.41. The molecular formula is C19H30O. The summed E-state index contributed by atoms with van der Waals surface area (Å²) in [5, 5.41) is 0. The van der Waals surface area contributed by atoms with Gasteiger partial charge in [0.05, 0.1) is 0 Å². The molecule has 3 aliphatic rings. The number of Topliss-reactive ketones (excluding diaryl/α,β-unsaturated/α-hetero) is 1. The molecule has 0 unspecified atom stereocenters. The monoisotopic (exact) mass is 274 g/mol. The van der Waals surface area contributed by atoms with Gasteiger partial charge in [0.2, 0.25) is 0 Å². The normalized spacial score (nSPS) is 44.1. The van der Waals surface area contributed by atoms with Crippen LogP contribution in [0.2, 0.25) is 0 Å². The van der Waals surface area contributed by atoms with Crippen molar-refractivity contribution in [2.24, 2.45) is 22.2 Å². The molecule has 0 aliphatic heterocycles. The van der Waals surface area contributed by atoms with E-state index in [1.807, 2.05) is 0 Å². The van der Waals surface area contributed by atoms with Gasteiger partial charge >= 0.3 is 0 Å². The first-order chi connectivity index (χ1) is 9.32. The standard InChI is InChI=1S/C19H30O/c1-14-8-12-19(13-9-14)16(20)7-6-15-17(2,3)10-5-11-18(15,19)4/h8,15H,5-7,9-13H2,1-4H3/t15-,18-,19-/m0/s1. The molecule has 0 aromatic heterocycles. The van der Waals surface area contributed by atoms with Crippen LogP contribution in [-0.2, 0) is 4.79 Å². The van der Waals surface area contributed by atoms with E-state index >= 15 is 0 Å². The van der Waals surface area contributed by atoms with E-state index in [-0.39, 0.29) is 10.8 Å². The van der Waals surface area contributed by atoms with Crippen molar-refractivity contribution in [1.29, 1.82) is 0 Å². The fraction of sp³-hybridized carbons (Fsp3) is 0.842. The number of ketones is 1. The van der Waals surface area contributed by atoms with Gasteiger partial charge in [-0.3, -0.25) is 4.79 Å². The lowest BCUT2D eigenvalue weighted by molar-refractivity contribution is -0.165. The van der Waals surface area contributed by atoms with E-state index < -0.39 is 0 Å². The van der Waals surface area contributed by atoms with Crippen molar-refractivity contribution >= 4 is 5.78 Å². The summed E-state index contributed by atoms with van der Waals surface area (Å²) in [4.78, 5) is 12.9. The van der Waals surface area contributed by atoms with Crippen molar-refractivity contribution in [3.8, 4) is 0 Å². The molecule has 0 radical (unpaired) electrons. The average Bonchev–Trinajstić information content (AvgIpc) is 2.37. The third-order valence-electron chi connectivity index (χ3n) is 7.26. The first-order valence-electron chi connectivity index (χ1n) is 8.51. The molecule has 0 heterocycles. The van der Waals surface area contributed by atoms with Crippen LogP contribution in [0.3, 0.4) is 0 Å². The van der Waals surface area contributed by atoms with Crippen molar-refractivity contribution in [1.82, 2.24) is 0 Å². The lowest BCUT2D eigenvalue weighted by Crippen LogP contribution is -2.59. The molecule has 1 nitrogen and oxygen atoms in total. The first-order valence-corrected chi connectivity index (χ1v) is 8.51. The Morgan fingerprint density at radius 1 is 1.10 bits per heavy atom. The van der Waals surface area contributed by atoms with E-state index in [9.17, 15) is 4.79 Å². The third kappa shape index (κ3) is 1.77. The minimum atomic E-state index is -0.0346. The largest absolute Gasteiger partial charge is 0.299 e.